The van der Waals surface area contributed by atoms with Gasteiger partial charge in [0, 0.05) is 44.5 Å². The number of guanidine groups is 1. The average molecular weight is 531 g/mol. The van der Waals surface area contributed by atoms with E-state index in [0.29, 0.717) is 6.54 Å². The Kier molecular flexibility index (Phi) is 7.59. The molecule has 0 saturated heterocycles. The second kappa shape index (κ2) is 10.2. The zero-order chi connectivity index (χ0) is 21.0. The highest BCUT2D eigenvalue weighted by atomic mass is 127. The number of imidazole rings is 1. The molecule has 1 aliphatic rings. The molecular formula is C24H30IN5O. The number of para-hydroxylation sites is 1. The highest BCUT2D eigenvalue weighted by Gasteiger charge is 2.33. The molecule has 1 atom stereocenters. The van der Waals surface area contributed by atoms with E-state index in [1.54, 1.807) is 13.2 Å². The normalized spacial score (nSPS) is 17.1. The zero-order valence-electron chi connectivity index (χ0n) is 18.2. The molecule has 0 spiro atoms. The Bertz CT molecular complexity index is 1020. The lowest BCUT2D eigenvalue weighted by Crippen LogP contribution is -2.45. The molecule has 4 rings (SSSR count). The van der Waals surface area contributed by atoms with Crippen molar-refractivity contribution in [2.24, 2.45) is 4.99 Å². The Hall–Kier alpha value is -2.55. The number of aromatic nitrogens is 2. The molecular weight excluding hydrogens is 501 g/mol. The van der Waals surface area contributed by atoms with E-state index in [0.717, 1.165) is 24.7 Å². The molecule has 6 nitrogen and oxygen atoms in total. The third-order valence-corrected chi connectivity index (χ3v) is 5.29. The van der Waals surface area contributed by atoms with Crippen LogP contribution in [0.2, 0.25) is 0 Å². The van der Waals surface area contributed by atoms with Crippen molar-refractivity contribution in [3.63, 3.8) is 0 Å². The van der Waals surface area contributed by atoms with Crippen LogP contribution in [0.1, 0.15) is 43.0 Å². The van der Waals surface area contributed by atoms with E-state index in [9.17, 15) is 0 Å². The Labute approximate surface area is 201 Å². The molecule has 2 N–H and O–H groups in total. The van der Waals surface area contributed by atoms with Crippen LogP contribution in [-0.4, -0.2) is 28.2 Å². The van der Waals surface area contributed by atoms with Gasteiger partial charge in [-0.05, 0) is 31.0 Å². The number of nitrogens with zero attached hydrogens (tertiary/aromatic N) is 3. The number of ether oxygens (including phenoxy) is 1. The first-order valence-corrected chi connectivity index (χ1v) is 10.3. The molecule has 164 valence electrons. The van der Waals surface area contributed by atoms with Crippen molar-refractivity contribution in [1.29, 1.82) is 0 Å². The van der Waals surface area contributed by atoms with Gasteiger partial charge in [0.15, 0.2) is 5.96 Å². The minimum atomic E-state index is -0.230. The summed E-state index contributed by atoms with van der Waals surface area (Å²) in [6.45, 7) is 5.76. The molecule has 7 heteroatoms. The number of rotatable bonds is 5. The monoisotopic (exact) mass is 531 g/mol. The van der Waals surface area contributed by atoms with Crippen LogP contribution in [-0.2, 0) is 13.1 Å². The van der Waals surface area contributed by atoms with E-state index in [4.69, 9.17) is 4.74 Å². The van der Waals surface area contributed by atoms with Gasteiger partial charge >= 0.3 is 0 Å². The summed E-state index contributed by atoms with van der Waals surface area (Å²) in [7, 11) is 1.81. The lowest BCUT2D eigenvalue weighted by Gasteiger charge is -2.38. The number of hydrogen-bond donors (Lipinski definition) is 2. The highest BCUT2D eigenvalue weighted by molar-refractivity contribution is 14.0. The maximum Gasteiger partial charge on any atom is 0.191 e. The lowest BCUT2D eigenvalue weighted by molar-refractivity contribution is 0.0694. The van der Waals surface area contributed by atoms with E-state index < -0.39 is 0 Å². The largest absolute Gasteiger partial charge is 0.487 e. The van der Waals surface area contributed by atoms with E-state index in [2.05, 4.69) is 75.4 Å². The summed E-state index contributed by atoms with van der Waals surface area (Å²) in [5.41, 5.74) is 3.40. The predicted octanol–water partition coefficient (Wildman–Crippen LogP) is 4.52. The van der Waals surface area contributed by atoms with Gasteiger partial charge in [0.1, 0.15) is 11.4 Å². The fourth-order valence-corrected chi connectivity index (χ4v) is 3.91. The molecule has 31 heavy (non-hydrogen) atoms. The van der Waals surface area contributed by atoms with Crippen LogP contribution in [0, 0.1) is 0 Å². The second-order valence-corrected chi connectivity index (χ2v) is 8.28. The van der Waals surface area contributed by atoms with Crippen LogP contribution in [0.25, 0.3) is 0 Å². The first-order chi connectivity index (χ1) is 14.5. The van der Waals surface area contributed by atoms with Crippen LogP contribution >= 0.6 is 24.0 Å². The quantitative estimate of drug-likeness (QED) is 0.289. The van der Waals surface area contributed by atoms with E-state index in [1.807, 2.05) is 24.7 Å². The van der Waals surface area contributed by atoms with Gasteiger partial charge in [0.25, 0.3) is 0 Å². The van der Waals surface area contributed by atoms with Crippen molar-refractivity contribution in [2.75, 3.05) is 7.05 Å². The molecule has 0 saturated carbocycles. The summed E-state index contributed by atoms with van der Waals surface area (Å²) in [5, 5.41) is 7.04. The first-order valence-electron chi connectivity index (χ1n) is 10.3. The number of aliphatic imine (C=N–C) groups is 1. The fourth-order valence-electron chi connectivity index (χ4n) is 3.91. The van der Waals surface area contributed by atoms with Crippen molar-refractivity contribution >= 4 is 29.9 Å². The summed E-state index contributed by atoms with van der Waals surface area (Å²) in [6.07, 6.45) is 6.48. The number of halogens is 1. The van der Waals surface area contributed by atoms with Crippen molar-refractivity contribution < 1.29 is 4.74 Å². The minimum Gasteiger partial charge on any atom is -0.487 e. The van der Waals surface area contributed by atoms with Crippen molar-refractivity contribution in [2.45, 2.75) is 45.0 Å². The molecule has 2 heterocycles. The molecule has 1 aromatic heterocycles. The topological polar surface area (TPSA) is 63.5 Å². The predicted molar refractivity (Wildman–Crippen MR) is 135 cm³/mol. The van der Waals surface area contributed by atoms with Crippen LogP contribution in [0.5, 0.6) is 5.75 Å². The van der Waals surface area contributed by atoms with Gasteiger partial charge in [-0.3, -0.25) is 4.99 Å². The highest BCUT2D eigenvalue weighted by Crippen LogP contribution is 2.39. The third kappa shape index (κ3) is 6.00. The summed E-state index contributed by atoms with van der Waals surface area (Å²) in [4.78, 5) is 8.55. The molecule has 2 aromatic carbocycles. The van der Waals surface area contributed by atoms with Crippen LogP contribution < -0.4 is 15.4 Å². The summed E-state index contributed by atoms with van der Waals surface area (Å²) < 4.78 is 8.21. The Morgan fingerprint density at radius 1 is 1.19 bits per heavy atom. The van der Waals surface area contributed by atoms with Gasteiger partial charge in [0.2, 0.25) is 0 Å². The van der Waals surface area contributed by atoms with Gasteiger partial charge in [-0.2, -0.15) is 0 Å². The van der Waals surface area contributed by atoms with Gasteiger partial charge in [0.05, 0.1) is 12.4 Å². The van der Waals surface area contributed by atoms with Crippen molar-refractivity contribution in [3.05, 3.63) is 83.9 Å². The molecule has 1 unspecified atom stereocenters. The third-order valence-electron chi connectivity index (χ3n) is 5.29. The molecule has 1 aliphatic heterocycles. The Morgan fingerprint density at radius 2 is 2.00 bits per heavy atom. The van der Waals surface area contributed by atoms with Gasteiger partial charge in [-0.25, -0.2) is 4.98 Å². The smallest absolute Gasteiger partial charge is 0.191 e. The van der Waals surface area contributed by atoms with E-state index in [1.165, 1.54) is 16.7 Å². The second-order valence-electron chi connectivity index (χ2n) is 8.28. The minimum absolute atomic E-state index is 0. The number of benzene rings is 2. The summed E-state index contributed by atoms with van der Waals surface area (Å²) in [5.74, 6) is 1.72. The number of hydrogen-bond acceptors (Lipinski definition) is 3. The van der Waals surface area contributed by atoms with Gasteiger partial charge in [-0.1, -0.05) is 42.5 Å². The standard InChI is InChI=1S/C24H29N5O.HI/c1-24(2)14-21(20-9-4-5-10-22(20)30-24)28-23(25-3)27-15-18-7-6-8-19(13-18)16-29-12-11-26-17-29;/h4-13,17,21H,14-16H2,1-3H3,(H2,25,27,28);1H. The first kappa shape index (κ1) is 23.1. The number of fused-ring (bicyclic) bond motifs is 1. The maximum absolute atomic E-state index is 6.14. The SMILES string of the molecule is CN=C(NCc1cccc(Cn2ccnc2)c1)NC1CC(C)(C)Oc2ccccc21.I. The van der Waals surface area contributed by atoms with E-state index >= 15 is 0 Å². The average Bonchev–Trinajstić information content (AvgIpc) is 3.23. The Morgan fingerprint density at radius 3 is 2.77 bits per heavy atom. The number of nitrogens with one attached hydrogen (secondary N) is 2. The molecule has 0 amide bonds. The maximum atomic E-state index is 6.14. The molecule has 0 fully saturated rings. The molecule has 0 radical (unpaired) electrons. The van der Waals surface area contributed by atoms with Gasteiger partial charge in [-0.15, -0.1) is 24.0 Å². The summed E-state index contributed by atoms with van der Waals surface area (Å²) in [6, 6.07) is 16.9. The lowest BCUT2D eigenvalue weighted by atomic mass is 9.90. The van der Waals surface area contributed by atoms with Gasteiger partial charge < -0.3 is 19.9 Å². The zero-order valence-corrected chi connectivity index (χ0v) is 20.5. The molecule has 0 aliphatic carbocycles. The molecule has 0 bridgehead atoms. The fraction of sp³-hybridized carbons (Fsp3) is 0.333. The van der Waals surface area contributed by atoms with Crippen LogP contribution in [0.15, 0.2) is 72.2 Å². The van der Waals surface area contributed by atoms with Crippen LogP contribution in [0.3, 0.4) is 0 Å². The van der Waals surface area contributed by atoms with E-state index in [-0.39, 0.29) is 35.6 Å². The Balaban J connectivity index is 0.00000272. The van der Waals surface area contributed by atoms with Crippen molar-refractivity contribution in [3.8, 4) is 5.75 Å². The molecule has 3 aromatic rings. The van der Waals surface area contributed by atoms with Crippen molar-refractivity contribution in [1.82, 2.24) is 20.2 Å². The summed E-state index contributed by atoms with van der Waals surface area (Å²) >= 11 is 0. The van der Waals surface area contributed by atoms with Crippen LogP contribution in [0.4, 0.5) is 0 Å².